The summed E-state index contributed by atoms with van der Waals surface area (Å²) in [5.41, 5.74) is 1.96. The zero-order chi connectivity index (χ0) is 19.8. The minimum atomic E-state index is -0.163. The van der Waals surface area contributed by atoms with Gasteiger partial charge in [0.05, 0.1) is 31.3 Å². The molecule has 0 saturated heterocycles. The second-order valence-corrected chi connectivity index (χ2v) is 6.26. The highest BCUT2D eigenvalue weighted by Crippen LogP contribution is 2.19. The second kappa shape index (κ2) is 9.75. The number of para-hydroxylation sites is 2. The third kappa shape index (κ3) is 5.01. The first-order valence-electron chi connectivity index (χ1n) is 9.18. The Morgan fingerprint density at radius 1 is 1.07 bits per heavy atom. The molecule has 0 unspecified atom stereocenters. The summed E-state index contributed by atoms with van der Waals surface area (Å²) in [6.07, 6.45) is 0.811. The normalized spacial score (nSPS) is 10.8. The number of ether oxygens (including phenoxy) is 3. The Balaban J connectivity index is 1.61. The van der Waals surface area contributed by atoms with Crippen LogP contribution >= 0.6 is 0 Å². The van der Waals surface area contributed by atoms with Crippen LogP contribution in [0.1, 0.15) is 12.2 Å². The Morgan fingerprint density at radius 2 is 1.82 bits per heavy atom. The molecule has 1 aromatic heterocycles. The van der Waals surface area contributed by atoms with E-state index in [1.807, 2.05) is 48.5 Å². The summed E-state index contributed by atoms with van der Waals surface area (Å²) in [4.78, 5) is 16.4. The largest absolute Gasteiger partial charge is 0.497 e. The number of methoxy groups -OCH3 is 2. The van der Waals surface area contributed by atoms with Crippen LogP contribution in [0.2, 0.25) is 0 Å². The molecule has 3 aromatic rings. The van der Waals surface area contributed by atoms with Crippen LogP contribution in [-0.2, 0) is 22.6 Å². The van der Waals surface area contributed by atoms with Gasteiger partial charge in [0.25, 0.3) is 0 Å². The Hall–Kier alpha value is -3.06. The molecule has 28 heavy (non-hydrogen) atoms. The highest BCUT2D eigenvalue weighted by atomic mass is 16.5. The fourth-order valence-electron chi connectivity index (χ4n) is 2.95. The lowest BCUT2D eigenvalue weighted by Gasteiger charge is -2.11. The quantitative estimate of drug-likeness (QED) is 0.545. The summed E-state index contributed by atoms with van der Waals surface area (Å²) in [5.74, 6) is 2.26. The summed E-state index contributed by atoms with van der Waals surface area (Å²) in [6, 6.07) is 15.5. The Morgan fingerprint density at radius 3 is 2.57 bits per heavy atom. The van der Waals surface area contributed by atoms with Crippen LogP contribution in [-0.4, -0.2) is 42.9 Å². The molecule has 0 saturated carbocycles. The number of amides is 1. The fraction of sp³-hybridized carbons (Fsp3) is 0.333. The van der Waals surface area contributed by atoms with Crippen molar-refractivity contribution in [3.05, 3.63) is 54.4 Å². The van der Waals surface area contributed by atoms with E-state index in [0.717, 1.165) is 41.3 Å². The highest BCUT2D eigenvalue weighted by Gasteiger charge is 2.11. The highest BCUT2D eigenvalue weighted by molar-refractivity contribution is 5.78. The number of aromatic nitrogens is 2. The van der Waals surface area contributed by atoms with E-state index in [0.29, 0.717) is 13.2 Å². The number of hydrogen-bond donors (Lipinski definition) is 1. The van der Waals surface area contributed by atoms with Crippen molar-refractivity contribution in [3.8, 4) is 11.5 Å². The van der Waals surface area contributed by atoms with Gasteiger partial charge in [-0.3, -0.25) is 4.79 Å². The minimum Gasteiger partial charge on any atom is -0.497 e. The smallest absolute Gasteiger partial charge is 0.246 e. The number of carbonyl (C=O) groups excluding carboxylic acids is 1. The molecule has 0 atom stereocenters. The molecule has 1 N–H and O–H groups in total. The average molecular weight is 383 g/mol. The van der Waals surface area contributed by atoms with E-state index in [1.165, 1.54) is 7.11 Å². The monoisotopic (exact) mass is 383 g/mol. The maximum atomic E-state index is 11.7. The molecule has 2 aromatic carbocycles. The van der Waals surface area contributed by atoms with E-state index in [9.17, 15) is 4.79 Å². The van der Waals surface area contributed by atoms with Crippen LogP contribution in [0.5, 0.6) is 11.5 Å². The molecule has 148 valence electrons. The first-order chi connectivity index (χ1) is 13.7. The standard InChI is InChI=1S/C21H25N3O4/c1-26-15-21(25)22-14-20-23-18-6-3-4-7-19(18)24(20)12-5-13-28-17-10-8-16(27-2)9-11-17/h3-4,6-11H,5,12-15H2,1-2H3,(H,22,25). The molecule has 0 bridgehead atoms. The second-order valence-electron chi connectivity index (χ2n) is 6.26. The maximum absolute atomic E-state index is 11.7. The van der Waals surface area contributed by atoms with E-state index >= 15 is 0 Å². The van der Waals surface area contributed by atoms with E-state index in [1.54, 1.807) is 7.11 Å². The molecular formula is C21H25N3O4. The van der Waals surface area contributed by atoms with Crippen LogP contribution in [0, 0.1) is 0 Å². The van der Waals surface area contributed by atoms with Crippen molar-refractivity contribution in [2.45, 2.75) is 19.5 Å². The van der Waals surface area contributed by atoms with E-state index in [-0.39, 0.29) is 12.5 Å². The molecule has 0 aliphatic carbocycles. The van der Waals surface area contributed by atoms with Crippen LogP contribution in [0.4, 0.5) is 0 Å². The zero-order valence-electron chi connectivity index (χ0n) is 16.2. The molecule has 0 radical (unpaired) electrons. The van der Waals surface area contributed by atoms with Crippen LogP contribution < -0.4 is 14.8 Å². The van der Waals surface area contributed by atoms with Gasteiger partial charge in [-0.15, -0.1) is 0 Å². The molecule has 0 aliphatic rings. The van der Waals surface area contributed by atoms with Crippen molar-refractivity contribution < 1.29 is 19.0 Å². The van der Waals surface area contributed by atoms with Gasteiger partial charge in [-0.1, -0.05) is 12.1 Å². The Kier molecular flexibility index (Phi) is 6.86. The van der Waals surface area contributed by atoms with Crippen molar-refractivity contribution in [2.24, 2.45) is 0 Å². The third-order valence-corrected chi connectivity index (χ3v) is 4.31. The van der Waals surface area contributed by atoms with Gasteiger partial charge in [0.1, 0.15) is 23.9 Å². The van der Waals surface area contributed by atoms with Crippen molar-refractivity contribution in [1.82, 2.24) is 14.9 Å². The SMILES string of the molecule is COCC(=O)NCc1nc2ccccc2n1CCCOc1ccc(OC)cc1. The van der Waals surface area contributed by atoms with E-state index < -0.39 is 0 Å². The maximum Gasteiger partial charge on any atom is 0.246 e. The number of benzene rings is 2. The zero-order valence-corrected chi connectivity index (χ0v) is 16.2. The molecule has 3 rings (SSSR count). The van der Waals surface area contributed by atoms with Crippen molar-refractivity contribution >= 4 is 16.9 Å². The van der Waals surface area contributed by atoms with Crippen LogP contribution in [0.15, 0.2) is 48.5 Å². The van der Waals surface area contributed by atoms with Gasteiger partial charge in [0.15, 0.2) is 0 Å². The predicted molar refractivity (Wildman–Crippen MR) is 107 cm³/mol. The van der Waals surface area contributed by atoms with Crippen molar-refractivity contribution in [3.63, 3.8) is 0 Å². The first kappa shape index (κ1) is 19.7. The molecule has 0 aliphatic heterocycles. The van der Waals surface area contributed by atoms with Gasteiger partial charge in [0.2, 0.25) is 5.91 Å². The number of nitrogens with zero attached hydrogens (tertiary/aromatic N) is 2. The van der Waals surface area contributed by atoms with E-state index in [2.05, 4.69) is 14.9 Å². The molecule has 7 heteroatoms. The van der Waals surface area contributed by atoms with Gasteiger partial charge in [0, 0.05) is 13.7 Å². The molecule has 1 heterocycles. The number of rotatable bonds is 10. The number of fused-ring (bicyclic) bond motifs is 1. The van der Waals surface area contributed by atoms with Crippen molar-refractivity contribution in [2.75, 3.05) is 27.4 Å². The van der Waals surface area contributed by atoms with Gasteiger partial charge in [-0.2, -0.15) is 0 Å². The summed E-state index contributed by atoms with van der Waals surface area (Å²) >= 11 is 0. The van der Waals surface area contributed by atoms with E-state index in [4.69, 9.17) is 14.2 Å². The Labute approximate surface area is 164 Å². The number of hydrogen-bond acceptors (Lipinski definition) is 5. The van der Waals surface area contributed by atoms with Crippen LogP contribution in [0.25, 0.3) is 11.0 Å². The number of imidazole rings is 1. The lowest BCUT2D eigenvalue weighted by atomic mass is 10.3. The van der Waals surface area contributed by atoms with Gasteiger partial charge >= 0.3 is 0 Å². The van der Waals surface area contributed by atoms with Crippen LogP contribution in [0.3, 0.4) is 0 Å². The molecule has 0 spiro atoms. The fourth-order valence-corrected chi connectivity index (χ4v) is 2.95. The molecule has 0 fully saturated rings. The van der Waals surface area contributed by atoms with Gasteiger partial charge in [-0.05, 0) is 42.8 Å². The molecule has 1 amide bonds. The topological polar surface area (TPSA) is 74.6 Å². The lowest BCUT2D eigenvalue weighted by Crippen LogP contribution is -2.28. The number of carbonyl (C=O) groups is 1. The number of nitrogens with one attached hydrogen (secondary N) is 1. The Bertz CT molecular complexity index is 906. The molecule has 7 nitrogen and oxygen atoms in total. The minimum absolute atomic E-state index is 0.0376. The third-order valence-electron chi connectivity index (χ3n) is 4.31. The number of aryl methyl sites for hydroxylation is 1. The predicted octanol–water partition coefficient (Wildman–Crippen LogP) is 2.78. The lowest BCUT2D eigenvalue weighted by molar-refractivity contribution is -0.124. The van der Waals surface area contributed by atoms with Gasteiger partial charge in [-0.25, -0.2) is 4.98 Å². The summed E-state index contributed by atoms with van der Waals surface area (Å²) in [5, 5.41) is 2.84. The first-order valence-corrected chi connectivity index (χ1v) is 9.18. The summed E-state index contributed by atoms with van der Waals surface area (Å²) in [7, 11) is 3.14. The van der Waals surface area contributed by atoms with Crippen molar-refractivity contribution in [1.29, 1.82) is 0 Å². The average Bonchev–Trinajstić information content (AvgIpc) is 3.08. The van der Waals surface area contributed by atoms with Gasteiger partial charge < -0.3 is 24.1 Å². The molecular weight excluding hydrogens is 358 g/mol. The summed E-state index contributed by atoms with van der Waals surface area (Å²) in [6.45, 7) is 1.71. The summed E-state index contributed by atoms with van der Waals surface area (Å²) < 4.78 is 17.9.